The van der Waals surface area contributed by atoms with E-state index in [4.69, 9.17) is 5.11 Å². The van der Waals surface area contributed by atoms with Gasteiger partial charge in [-0.3, -0.25) is 4.79 Å². The van der Waals surface area contributed by atoms with E-state index in [1.165, 1.54) is 6.07 Å². The molecule has 0 aliphatic rings. The van der Waals surface area contributed by atoms with Gasteiger partial charge in [0.05, 0.1) is 11.1 Å². The van der Waals surface area contributed by atoms with Gasteiger partial charge in [-0.1, -0.05) is 12.1 Å². The minimum Gasteiger partial charge on any atom is -0.478 e. The number of hydrogen-bond donors (Lipinski definition) is 1. The van der Waals surface area contributed by atoms with Crippen molar-refractivity contribution in [2.24, 2.45) is 0 Å². The summed E-state index contributed by atoms with van der Waals surface area (Å²) in [4.78, 5) is 25.1. The Hall–Kier alpha value is -1.49. The number of carbonyl (C=O) groups excluding carboxylic acids is 1. The van der Waals surface area contributed by atoms with Crippen LogP contribution in [0.3, 0.4) is 0 Å². The van der Waals surface area contributed by atoms with Crippen molar-refractivity contribution < 1.29 is 14.7 Å². The Morgan fingerprint density at radius 2 is 1.89 bits per heavy atom. The first-order valence-corrected chi connectivity index (χ1v) is 7.46. The molecule has 4 nitrogen and oxygen atoms in total. The summed E-state index contributed by atoms with van der Waals surface area (Å²) in [5.41, 5.74) is 0.296. The van der Waals surface area contributed by atoms with Gasteiger partial charge in [-0.2, -0.15) is 11.8 Å². The second-order valence-electron chi connectivity index (χ2n) is 4.40. The van der Waals surface area contributed by atoms with Crippen molar-refractivity contribution in [3.05, 3.63) is 35.4 Å². The summed E-state index contributed by atoms with van der Waals surface area (Å²) in [5.74, 6) is -0.347. The molecule has 0 aromatic heterocycles. The minimum absolute atomic E-state index is 0.0522. The topological polar surface area (TPSA) is 57.6 Å². The predicted octanol–water partition coefficient (Wildman–Crippen LogP) is 2.60. The molecular formula is C14H19NO3S. The molecule has 1 aromatic rings. The Morgan fingerprint density at radius 1 is 1.32 bits per heavy atom. The highest BCUT2D eigenvalue weighted by atomic mass is 32.2. The molecule has 1 N–H and O–H groups in total. The molecule has 1 rings (SSSR count). The fourth-order valence-electron chi connectivity index (χ4n) is 1.73. The number of carboxylic acids is 1. The van der Waals surface area contributed by atoms with Crippen molar-refractivity contribution in [1.82, 2.24) is 4.90 Å². The highest BCUT2D eigenvalue weighted by molar-refractivity contribution is 7.98. The molecule has 0 bridgehead atoms. The Morgan fingerprint density at radius 3 is 2.42 bits per heavy atom. The van der Waals surface area contributed by atoms with Gasteiger partial charge in [-0.15, -0.1) is 0 Å². The highest BCUT2D eigenvalue weighted by Gasteiger charge is 2.21. The standard InChI is InChI=1S/C14H19NO3S/c1-10(8-9-19-3)15(2)13(16)11-6-4-5-7-12(11)14(17)18/h4-7,10H,8-9H2,1-3H3,(H,17,18). The van der Waals surface area contributed by atoms with Crippen LogP contribution in [0, 0.1) is 0 Å². The summed E-state index contributed by atoms with van der Waals surface area (Å²) in [6, 6.07) is 6.40. The third kappa shape index (κ3) is 3.99. The fraction of sp³-hybridized carbons (Fsp3) is 0.429. The van der Waals surface area contributed by atoms with Crippen molar-refractivity contribution in [3.8, 4) is 0 Å². The van der Waals surface area contributed by atoms with Crippen LogP contribution in [0.4, 0.5) is 0 Å². The number of rotatable bonds is 6. The molecule has 5 heteroatoms. The maximum Gasteiger partial charge on any atom is 0.336 e. The highest BCUT2D eigenvalue weighted by Crippen LogP contribution is 2.14. The number of hydrogen-bond acceptors (Lipinski definition) is 3. The van der Waals surface area contributed by atoms with Crippen molar-refractivity contribution in [1.29, 1.82) is 0 Å². The van der Waals surface area contributed by atoms with E-state index in [2.05, 4.69) is 0 Å². The molecule has 104 valence electrons. The Bertz CT molecular complexity index is 462. The summed E-state index contributed by atoms with van der Waals surface area (Å²) in [6.45, 7) is 1.97. The van der Waals surface area contributed by atoms with Crippen LogP contribution in [0.5, 0.6) is 0 Å². The van der Waals surface area contributed by atoms with E-state index in [1.807, 2.05) is 13.2 Å². The molecule has 19 heavy (non-hydrogen) atoms. The number of aromatic carboxylic acids is 1. The SMILES string of the molecule is CSCCC(C)N(C)C(=O)c1ccccc1C(=O)O. The zero-order valence-corrected chi connectivity index (χ0v) is 12.2. The van der Waals surface area contributed by atoms with Gasteiger partial charge in [0.25, 0.3) is 5.91 Å². The molecule has 1 aromatic carbocycles. The maximum atomic E-state index is 12.3. The first-order chi connectivity index (χ1) is 8.99. The van der Waals surface area contributed by atoms with Crippen LogP contribution >= 0.6 is 11.8 Å². The molecule has 0 spiro atoms. The first-order valence-electron chi connectivity index (χ1n) is 6.07. The summed E-state index contributed by atoms with van der Waals surface area (Å²) in [5, 5.41) is 9.10. The zero-order chi connectivity index (χ0) is 14.4. The van der Waals surface area contributed by atoms with Crippen LogP contribution in [0.2, 0.25) is 0 Å². The predicted molar refractivity (Wildman–Crippen MR) is 78.0 cm³/mol. The Kier molecular flexibility index (Phi) is 5.89. The second-order valence-corrected chi connectivity index (χ2v) is 5.38. The van der Waals surface area contributed by atoms with Crippen LogP contribution in [0.25, 0.3) is 0 Å². The number of amides is 1. The van der Waals surface area contributed by atoms with Crippen molar-refractivity contribution in [2.45, 2.75) is 19.4 Å². The smallest absolute Gasteiger partial charge is 0.336 e. The maximum absolute atomic E-state index is 12.3. The van der Waals surface area contributed by atoms with Crippen LogP contribution in [0.15, 0.2) is 24.3 Å². The van der Waals surface area contributed by atoms with E-state index in [-0.39, 0.29) is 23.1 Å². The van der Waals surface area contributed by atoms with Gasteiger partial charge in [0, 0.05) is 13.1 Å². The largest absolute Gasteiger partial charge is 0.478 e. The molecule has 1 atom stereocenters. The lowest BCUT2D eigenvalue weighted by Crippen LogP contribution is -2.36. The van der Waals surface area contributed by atoms with Gasteiger partial charge in [0.2, 0.25) is 0 Å². The quantitative estimate of drug-likeness (QED) is 0.870. The number of carbonyl (C=O) groups is 2. The Balaban J connectivity index is 2.91. The van der Waals surface area contributed by atoms with Gasteiger partial charge >= 0.3 is 5.97 Å². The number of thioether (sulfide) groups is 1. The Labute approximate surface area is 117 Å². The molecular weight excluding hydrogens is 262 g/mol. The summed E-state index contributed by atoms with van der Waals surface area (Å²) < 4.78 is 0. The average Bonchev–Trinajstić information content (AvgIpc) is 2.42. The van der Waals surface area contributed by atoms with Crippen LogP contribution in [-0.2, 0) is 0 Å². The third-order valence-electron chi connectivity index (χ3n) is 3.11. The molecule has 0 saturated carbocycles. The van der Waals surface area contributed by atoms with Crippen LogP contribution in [0.1, 0.15) is 34.1 Å². The monoisotopic (exact) mass is 281 g/mol. The van der Waals surface area contributed by atoms with E-state index in [1.54, 1.807) is 41.9 Å². The molecule has 1 amide bonds. The van der Waals surface area contributed by atoms with Gasteiger partial charge < -0.3 is 10.0 Å². The number of carboxylic acid groups (broad SMARTS) is 1. The van der Waals surface area contributed by atoms with Crippen molar-refractivity contribution in [2.75, 3.05) is 19.1 Å². The lowest BCUT2D eigenvalue weighted by molar-refractivity contribution is 0.0671. The molecule has 0 aliphatic carbocycles. The molecule has 0 fully saturated rings. The van der Waals surface area contributed by atoms with Crippen LogP contribution < -0.4 is 0 Å². The normalized spacial score (nSPS) is 11.9. The molecule has 0 radical (unpaired) electrons. The van der Waals surface area contributed by atoms with Crippen LogP contribution in [-0.4, -0.2) is 47.0 Å². The van der Waals surface area contributed by atoms with E-state index in [0.29, 0.717) is 0 Å². The van der Waals surface area contributed by atoms with Gasteiger partial charge in [0.1, 0.15) is 0 Å². The molecule has 0 aliphatic heterocycles. The summed E-state index contributed by atoms with van der Waals surface area (Å²) >= 11 is 1.73. The average molecular weight is 281 g/mol. The lowest BCUT2D eigenvalue weighted by atomic mass is 10.1. The fourth-order valence-corrected chi connectivity index (χ4v) is 2.31. The number of benzene rings is 1. The van der Waals surface area contributed by atoms with E-state index in [0.717, 1.165) is 12.2 Å². The first kappa shape index (κ1) is 15.6. The summed E-state index contributed by atoms with van der Waals surface area (Å²) in [6.07, 6.45) is 2.91. The van der Waals surface area contributed by atoms with E-state index in [9.17, 15) is 9.59 Å². The van der Waals surface area contributed by atoms with Crippen molar-refractivity contribution >= 4 is 23.6 Å². The third-order valence-corrected chi connectivity index (χ3v) is 3.75. The molecule has 0 saturated heterocycles. The molecule has 1 unspecified atom stereocenters. The van der Waals surface area contributed by atoms with Gasteiger partial charge in [-0.25, -0.2) is 4.79 Å². The van der Waals surface area contributed by atoms with E-state index < -0.39 is 5.97 Å². The minimum atomic E-state index is -1.07. The van der Waals surface area contributed by atoms with Crippen molar-refractivity contribution in [3.63, 3.8) is 0 Å². The van der Waals surface area contributed by atoms with E-state index >= 15 is 0 Å². The summed E-state index contributed by atoms with van der Waals surface area (Å²) in [7, 11) is 1.71. The number of nitrogens with zero attached hydrogens (tertiary/aromatic N) is 1. The lowest BCUT2D eigenvalue weighted by Gasteiger charge is -2.25. The zero-order valence-electron chi connectivity index (χ0n) is 11.4. The second kappa shape index (κ2) is 7.19. The van der Waals surface area contributed by atoms with Gasteiger partial charge in [-0.05, 0) is 37.5 Å². The molecule has 0 heterocycles. The van der Waals surface area contributed by atoms with Gasteiger partial charge in [0.15, 0.2) is 0 Å².